The maximum atomic E-state index is 5.96. The van der Waals surface area contributed by atoms with Crippen molar-refractivity contribution in [1.29, 1.82) is 0 Å². The van der Waals surface area contributed by atoms with E-state index in [2.05, 4.69) is 42.2 Å². The summed E-state index contributed by atoms with van der Waals surface area (Å²) in [5.41, 5.74) is 3.39. The number of aromatic amines is 1. The van der Waals surface area contributed by atoms with Gasteiger partial charge in [-0.15, -0.1) is 11.3 Å². The Balaban J connectivity index is 1.50. The number of aromatic nitrogens is 4. The lowest BCUT2D eigenvalue weighted by Crippen LogP contribution is -2.38. The van der Waals surface area contributed by atoms with Gasteiger partial charge in [-0.05, 0) is 18.4 Å². The molecule has 1 atom stereocenters. The third-order valence-electron chi connectivity index (χ3n) is 4.35. The van der Waals surface area contributed by atoms with Crippen LogP contribution in [0, 0.1) is 6.92 Å². The molecule has 1 aliphatic rings. The van der Waals surface area contributed by atoms with Gasteiger partial charge in [0.25, 0.3) is 0 Å². The minimum Gasteiger partial charge on any atom is -0.368 e. The van der Waals surface area contributed by atoms with Crippen LogP contribution in [0.2, 0.25) is 0 Å². The van der Waals surface area contributed by atoms with Crippen molar-refractivity contribution in [2.45, 2.75) is 19.6 Å². The SMILES string of the molecule is Cc1cn(C)c([C@H]2CN(Cc3cn[nH]c3-c3cccs3)CCO2)n1. The third-order valence-corrected chi connectivity index (χ3v) is 5.24. The average Bonchev–Trinajstić information content (AvgIpc) is 3.28. The summed E-state index contributed by atoms with van der Waals surface area (Å²) in [6.07, 6.45) is 4.00. The van der Waals surface area contributed by atoms with Gasteiger partial charge in [0.05, 0.1) is 29.1 Å². The van der Waals surface area contributed by atoms with Gasteiger partial charge in [0.2, 0.25) is 0 Å². The van der Waals surface area contributed by atoms with Crippen molar-refractivity contribution >= 4 is 11.3 Å². The molecule has 0 amide bonds. The second-order valence-electron chi connectivity index (χ2n) is 6.19. The summed E-state index contributed by atoms with van der Waals surface area (Å²) in [5.74, 6) is 1.00. The first-order valence-electron chi connectivity index (χ1n) is 8.10. The van der Waals surface area contributed by atoms with Gasteiger partial charge in [0.1, 0.15) is 11.9 Å². The Morgan fingerprint density at radius 1 is 1.46 bits per heavy atom. The molecule has 126 valence electrons. The van der Waals surface area contributed by atoms with Crippen molar-refractivity contribution < 1.29 is 4.74 Å². The first-order valence-corrected chi connectivity index (χ1v) is 8.98. The van der Waals surface area contributed by atoms with Gasteiger partial charge >= 0.3 is 0 Å². The lowest BCUT2D eigenvalue weighted by molar-refractivity contribution is -0.0383. The summed E-state index contributed by atoms with van der Waals surface area (Å²) in [6, 6.07) is 4.19. The molecule has 1 aliphatic heterocycles. The minimum absolute atomic E-state index is 0.0227. The summed E-state index contributed by atoms with van der Waals surface area (Å²) >= 11 is 1.73. The molecule has 1 fully saturated rings. The highest BCUT2D eigenvalue weighted by atomic mass is 32.1. The van der Waals surface area contributed by atoms with Gasteiger partial charge in [-0.25, -0.2) is 4.98 Å². The highest BCUT2D eigenvalue weighted by Gasteiger charge is 2.26. The van der Waals surface area contributed by atoms with Gasteiger partial charge in [-0.1, -0.05) is 6.07 Å². The number of hydrogen-bond donors (Lipinski definition) is 1. The van der Waals surface area contributed by atoms with Crippen LogP contribution in [0.5, 0.6) is 0 Å². The fraction of sp³-hybridized carbons (Fsp3) is 0.412. The summed E-state index contributed by atoms with van der Waals surface area (Å²) < 4.78 is 8.03. The minimum atomic E-state index is 0.0227. The van der Waals surface area contributed by atoms with Gasteiger partial charge < -0.3 is 9.30 Å². The number of aryl methyl sites for hydroxylation is 2. The van der Waals surface area contributed by atoms with Crippen LogP contribution in [-0.4, -0.2) is 44.3 Å². The Bertz CT molecular complexity index is 807. The summed E-state index contributed by atoms with van der Waals surface area (Å²) in [7, 11) is 2.03. The van der Waals surface area contributed by atoms with Crippen LogP contribution in [-0.2, 0) is 18.3 Å². The molecule has 0 radical (unpaired) electrons. The van der Waals surface area contributed by atoms with Gasteiger partial charge in [-0.3, -0.25) is 10.00 Å². The monoisotopic (exact) mass is 343 g/mol. The van der Waals surface area contributed by atoms with Crippen molar-refractivity contribution in [3.05, 3.63) is 47.0 Å². The lowest BCUT2D eigenvalue weighted by atomic mass is 10.2. The molecular formula is C17H21N5OS. The molecular weight excluding hydrogens is 322 g/mol. The van der Waals surface area contributed by atoms with Gasteiger partial charge in [-0.2, -0.15) is 5.10 Å². The molecule has 3 aromatic rings. The molecule has 0 unspecified atom stereocenters. The zero-order valence-electron chi connectivity index (χ0n) is 13.9. The van der Waals surface area contributed by atoms with Crippen LogP contribution in [0.4, 0.5) is 0 Å². The summed E-state index contributed by atoms with van der Waals surface area (Å²) in [5, 5.41) is 9.48. The molecule has 1 N–H and O–H groups in total. The van der Waals surface area contributed by atoms with E-state index >= 15 is 0 Å². The largest absolute Gasteiger partial charge is 0.368 e. The fourth-order valence-electron chi connectivity index (χ4n) is 3.24. The quantitative estimate of drug-likeness (QED) is 0.791. The molecule has 4 rings (SSSR count). The van der Waals surface area contributed by atoms with Crippen LogP contribution in [0.3, 0.4) is 0 Å². The number of nitrogens with one attached hydrogen (secondary N) is 1. The summed E-state index contributed by atoms with van der Waals surface area (Å²) in [4.78, 5) is 8.26. The highest BCUT2D eigenvalue weighted by molar-refractivity contribution is 7.13. The molecule has 0 saturated carbocycles. The number of nitrogens with zero attached hydrogens (tertiary/aromatic N) is 4. The first-order chi connectivity index (χ1) is 11.7. The maximum absolute atomic E-state index is 5.96. The van der Waals surface area contributed by atoms with Crippen LogP contribution in [0.25, 0.3) is 10.6 Å². The molecule has 4 heterocycles. The molecule has 24 heavy (non-hydrogen) atoms. The second kappa shape index (κ2) is 6.51. The van der Waals surface area contributed by atoms with Crippen molar-refractivity contribution in [3.63, 3.8) is 0 Å². The van der Waals surface area contributed by atoms with Crippen LogP contribution >= 0.6 is 11.3 Å². The highest BCUT2D eigenvalue weighted by Crippen LogP contribution is 2.28. The number of ether oxygens (including phenoxy) is 1. The van der Waals surface area contributed by atoms with E-state index in [4.69, 9.17) is 4.74 Å². The number of morpholine rings is 1. The number of hydrogen-bond acceptors (Lipinski definition) is 5. The van der Waals surface area contributed by atoms with Crippen molar-refractivity contribution in [3.8, 4) is 10.6 Å². The Labute approximate surface area is 145 Å². The van der Waals surface area contributed by atoms with Gasteiger partial charge in [0.15, 0.2) is 0 Å². The average molecular weight is 343 g/mol. The van der Waals surface area contributed by atoms with Crippen molar-refractivity contribution in [1.82, 2.24) is 24.6 Å². The Hall–Kier alpha value is -1.96. The molecule has 0 spiro atoms. The van der Waals surface area contributed by atoms with Crippen molar-refractivity contribution in [2.24, 2.45) is 7.05 Å². The maximum Gasteiger partial charge on any atom is 0.139 e. The first kappa shape index (κ1) is 15.6. The van der Waals surface area contributed by atoms with E-state index in [0.717, 1.165) is 43.5 Å². The van der Waals surface area contributed by atoms with E-state index in [1.54, 1.807) is 11.3 Å². The standard InChI is InChI=1S/C17H21N5OS/c1-12-9-21(2)17(19-12)14-11-22(5-6-23-14)10-13-8-18-20-16(13)15-4-3-7-24-15/h3-4,7-9,14H,5-6,10-11H2,1-2H3,(H,18,20)/t14-/m1/s1. The molecule has 3 aromatic heterocycles. The lowest BCUT2D eigenvalue weighted by Gasteiger charge is -2.32. The zero-order valence-corrected chi connectivity index (χ0v) is 14.7. The van der Waals surface area contributed by atoms with Crippen LogP contribution in [0.1, 0.15) is 23.2 Å². The Morgan fingerprint density at radius 3 is 3.12 bits per heavy atom. The van der Waals surface area contributed by atoms with E-state index in [-0.39, 0.29) is 6.10 Å². The number of thiophene rings is 1. The Kier molecular flexibility index (Phi) is 4.22. The van der Waals surface area contributed by atoms with Crippen LogP contribution < -0.4 is 0 Å². The fourth-order valence-corrected chi connectivity index (χ4v) is 4.00. The van der Waals surface area contributed by atoms with Crippen LogP contribution in [0.15, 0.2) is 29.9 Å². The molecule has 7 heteroatoms. The zero-order chi connectivity index (χ0) is 16.5. The summed E-state index contributed by atoms with van der Waals surface area (Å²) in [6.45, 7) is 5.38. The van der Waals surface area contributed by atoms with E-state index in [0.29, 0.717) is 0 Å². The van der Waals surface area contributed by atoms with E-state index in [1.807, 2.05) is 26.4 Å². The number of rotatable bonds is 4. The third kappa shape index (κ3) is 3.02. The van der Waals surface area contributed by atoms with Gasteiger partial charge in [0, 0.05) is 38.4 Å². The predicted octanol–water partition coefficient (Wildman–Crippen LogP) is 2.75. The molecule has 0 bridgehead atoms. The molecule has 6 nitrogen and oxygen atoms in total. The molecule has 0 aromatic carbocycles. The Morgan fingerprint density at radius 2 is 2.38 bits per heavy atom. The second-order valence-corrected chi connectivity index (χ2v) is 7.14. The van der Waals surface area contributed by atoms with E-state index in [9.17, 15) is 0 Å². The molecule has 0 aliphatic carbocycles. The van der Waals surface area contributed by atoms with E-state index in [1.165, 1.54) is 10.4 Å². The molecule has 1 saturated heterocycles. The number of H-pyrrole nitrogens is 1. The van der Waals surface area contributed by atoms with Crippen molar-refractivity contribution in [2.75, 3.05) is 19.7 Å². The normalized spacial score (nSPS) is 19.0. The predicted molar refractivity (Wildman–Crippen MR) is 93.8 cm³/mol. The number of imidazole rings is 1. The smallest absolute Gasteiger partial charge is 0.139 e. The van der Waals surface area contributed by atoms with E-state index < -0.39 is 0 Å². The topological polar surface area (TPSA) is 59.0 Å².